The Kier molecular flexibility index (Phi) is 6.69. The lowest BCUT2D eigenvalue weighted by Crippen LogP contribution is -2.32. The molecule has 2 amide bonds. The van der Waals surface area contributed by atoms with Gasteiger partial charge in [0.25, 0.3) is 0 Å². The number of thioether (sulfide) groups is 1. The molecule has 8 heteroatoms. The molecule has 2 heterocycles. The van der Waals surface area contributed by atoms with Crippen LogP contribution in [0, 0.1) is 0 Å². The lowest BCUT2D eigenvalue weighted by molar-refractivity contribution is -0.128. The molecule has 3 aromatic rings. The van der Waals surface area contributed by atoms with E-state index in [1.807, 2.05) is 72.1 Å². The van der Waals surface area contributed by atoms with Gasteiger partial charge < -0.3 is 10.1 Å². The predicted octanol–water partition coefficient (Wildman–Crippen LogP) is 4.92. The van der Waals surface area contributed by atoms with Gasteiger partial charge in [0.2, 0.25) is 11.8 Å². The van der Waals surface area contributed by atoms with Gasteiger partial charge in [-0.05, 0) is 47.8 Å². The van der Waals surface area contributed by atoms with Gasteiger partial charge in [0, 0.05) is 17.0 Å². The Balaban J connectivity index is 1.53. The lowest BCUT2D eigenvalue weighted by atomic mass is 10.2. The molecule has 31 heavy (non-hydrogen) atoms. The number of ether oxygens (including phenoxy) is 1. The Morgan fingerprint density at radius 1 is 1.10 bits per heavy atom. The first kappa shape index (κ1) is 21.1. The standard InChI is InChI=1S/C23H21N3O3S2/c1-29-18-11-9-17(10-12-18)25-23-26(15-19-8-5-13-30-19)22(28)20(31-23)14-21(27)24-16-6-3-2-4-7-16/h2-13,20H,14-15H2,1H3,(H,24,27)/t20-/m1/s1. The van der Waals surface area contributed by atoms with Gasteiger partial charge in [-0.3, -0.25) is 14.5 Å². The first-order chi connectivity index (χ1) is 15.1. The zero-order valence-electron chi connectivity index (χ0n) is 16.9. The van der Waals surface area contributed by atoms with Crippen LogP contribution < -0.4 is 10.1 Å². The molecule has 0 saturated carbocycles. The van der Waals surface area contributed by atoms with Gasteiger partial charge in [0.15, 0.2) is 5.17 Å². The van der Waals surface area contributed by atoms with E-state index in [0.717, 1.165) is 16.3 Å². The summed E-state index contributed by atoms with van der Waals surface area (Å²) in [5.41, 5.74) is 1.44. The van der Waals surface area contributed by atoms with Gasteiger partial charge in [-0.1, -0.05) is 36.0 Å². The summed E-state index contributed by atoms with van der Waals surface area (Å²) in [6.45, 7) is 0.440. The smallest absolute Gasteiger partial charge is 0.243 e. The second-order valence-electron chi connectivity index (χ2n) is 6.82. The Morgan fingerprint density at radius 3 is 2.55 bits per heavy atom. The summed E-state index contributed by atoms with van der Waals surface area (Å²) in [6, 6.07) is 20.5. The first-order valence-corrected chi connectivity index (χ1v) is 11.5. The molecule has 0 aliphatic carbocycles. The van der Waals surface area contributed by atoms with Crippen molar-refractivity contribution in [3.63, 3.8) is 0 Å². The highest BCUT2D eigenvalue weighted by Gasteiger charge is 2.39. The Labute approximate surface area is 188 Å². The summed E-state index contributed by atoms with van der Waals surface area (Å²) < 4.78 is 5.20. The van der Waals surface area contributed by atoms with Crippen molar-refractivity contribution in [3.8, 4) is 5.75 Å². The van der Waals surface area contributed by atoms with Crippen LogP contribution in [-0.2, 0) is 16.1 Å². The highest BCUT2D eigenvalue weighted by Crippen LogP contribution is 2.34. The van der Waals surface area contributed by atoms with E-state index >= 15 is 0 Å². The number of thiophene rings is 1. The number of amides is 2. The average molecular weight is 452 g/mol. The maximum Gasteiger partial charge on any atom is 0.243 e. The molecule has 1 aliphatic heterocycles. The summed E-state index contributed by atoms with van der Waals surface area (Å²) in [6.07, 6.45) is 0.0843. The summed E-state index contributed by atoms with van der Waals surface area (Å²) in [5, 5.41) is 4.92. The van der Waals surface area contributed by atoms with Gasteiger partial charge in [-0.25, -0.2) is 4.99 Å². The number of hydrogen-bond acceptors (Lipinski definition) is 6. The molecule has 0 radical (unpaired) electrons. The number of anilines is 1. The minimum absolute atomic E-state index is 0.0843. The van der Waals surface area contributed by atoms with Crippen LogP contribution in [0.5, 0.6) is 5.75 Å². The van der Waals surface area contributed by atoms with Crippen LogP contribution in [0.4, 0.5) is 11.4 Å². The first-order valence-electron chi connectivity index (χ1n) is 9.70. The number of carbonyl (C=O) groups is 2. The fraction of sp³-hybridized carbons (Fsp3) is 0.174. The van der Waals surface area contributed by atoms with Gasteiger partial charge in [-0.15, -0.1) is 11.3 Å². The van der Waals surface area contributed by atoms with Gasteiger partial charge in [-0.2, -0.15) is 0 Å². The molecule has 1 saturated heterocycles. The molecule has 1 aromatic heterocycles. The van der Waals surface area contributed by atoms with Crippen LogP contribution >= 0.6 is 23.1 Å². The lowest BCUT2D eigenvalue weighted by Gasteiger charge is -2.15. The second kappa shape index (κ2) is 9.80. The van der Waals surface area contributed by atoms with Crippen molar-refractivity contribution in [1.29, 1.82) is 0 Å². The molecular formula is C23H21N3O3S2. The van der Waals surface area contributed by atoms with E-state index in [1.54, 1.807) is 23.3 Å². The van der Waals surface area contributed by atoms with E-state index in [1.165, 1.54) is 11.8 Å². The molecule has 6 nitrogen and oxygen atoms in total. The van der Waals surface area contributed by atoms with Crippen LogP contribution in [0.25, 0.3) is 0 Å². The van der Waals surface area contributed by atoms with Gasteiger partial charge in [0.05, 0.1) is 19.3 Å². The minimum Gasteiger partial charge on any atom is -0.497 e. The van der Waals surface area contributed by atoms with Crippen LogP contribution in [-0.4, -0.2) is 34.2 Å². The highest BCUT2D eigenvalue weighted by molar-refractivity contribution is 8.15. The highest BCUT2D eigenvalue weighted by atomic mass is 32.2. The molecule has 0 unspecified atom stereocenters. The normalized spacial score (nSPS) is 17.2. The Morgan fingerprint density at radius 2 is 1.87 bits per heavy atom. The van der Waals surface area contributed by atoms with Gasteiger partial charge >= 0.3 is 0 Å². The SMILES string of the molecule is COc1ccc(N=C2S[C@H](CC(=O)Nc3ccccc3)C(=O)N2Cc2cccs2)cc1. The quantitative estimate of drug-likeness (QED) is 0.554. The van der Waals surface area contributed by atoms with E-state index in [4.69, 9.17) is 4.74 Å². The van der Waals surface area contributed by atoms with Crippen molar-refractivity contribution >= 4 is 51.5 Å². The van der Waals surface area contributed by atoms with E-state index < -0.39 is 5.25 Å². The maximum absolute atomic E-state index is 13.1. The molecule has 4 rings (SSSR count). The number of carbonyl (C=O) groups excluding carboxylic acids is 2. The van der Waals surface area contributed by atoms with Crippen molar-refractivity contribution in [2.45, 2.75) is 18.2 Å². The van der Waals surface area contributed by atoms with Crippen molar-refractivity contribution in [2.75, 3.05) is 12.4 Å². The summed E-state index contributed by atoms with van der Waals surface area (Å²) in [7, 11) is 1.61. The number of rotatable bonds is 7. The van der Waals surface area contributed by atoms with Crippen LogP contribution in [0.2, 0.25) is 0 Å². The van der Waals surface area contributed by atoms with E-state index in [2.05, 4.69) is 10.3 Å². The number of methoxy groups -OCH3 is 1. The van der Waals surface area contributed by atoms with E-state index in [-0.39, 0.29) is 18.2 Å². The second-order valence-corrected chi connectivity index (χ2v) is 9.02. The maximum atomic E-state index is 13.1. The zero-order valence-corrected chi connectivity index (χ0v) is 18.5. The third-order valence-corrected chi connectivity index (χ3v) is 6.68. The Hall–Kier alpha value is -3.10. The average Bonchev–Trinajstić information content (AvgIpc) is 3.39. The van der Waals surface area contributed by atoms with E-state index in [9.17, 15) is 9.59 Å². The van der Waals surface area contributed by atoms with Gasteiger partial charge in [0.1, 0.15) is 11.0 Å². The summed E-state index contributed by atoms with van der Waals surface area (Å²) in [4.78, 5) is 33.1. The number of para-hydroxylation sites is 1. The predicted molar refractivity (Wildman–Crippen MR) is 126 cm³/mol. The fourth-order valence-electron chi connectivity index (χ4n) is 3.10. The molecule has 1 fully saturated rings. The largest absolute Gasteiger partial charge is 0.497 e. The number of aliphatic imine (C=N–C) groups is 1. The molecule has 2 aromatic carbocycles. The zero-order chi connectivity index (χ0) is 21.6. The van der Waals surface area contributed by atoms with Crippen molar-refractivity contribution in [1.82, 2.24) is 4.90 Å². The van der Waals surface area contributed by atoms with Crippen LogP contribution in [0.15, 0.2) is 77.1 Å². The molecule has 0 spiro atoms. The Bertz CT molecular complexity index is 1070. The van der Waals surface area contributed by atoms with E-state index in [0.29, 0.717) is 17.4 Å². The molecule has 1 N–H and O–H groups in total. The number of benzene rings is 2. The fourth-order valence-corrected chi connectivity index (χ4v) is 4.95. The molecule has 158 valence electrons. The van der Waals surface area contributed by atoms with Crippen molar-refractivity contribution in [3.05, 3.63) is 77.0 Å². The van der Waals surface area contributed by atoms with Crippen LogP contribution in [0.3, 0.4) is 0 Å². The molecule has 1 atom stereocenters. The number of nitrogens with zero attached hydrogens (tertiary/aromatic N) is 2. The van der Waals surface area contributed by atoms with Crippen LogP contribution in [0.1, 0.15) is 11.3 Å². The van der Waals surface area contributed by atoms with Crippen molar-refractivity contribution in [2.24, 2.45) is 4.99 Å². The third kappa shape index (κ3) is 5.34. The minimum atomic E-state index is -0.513. The summed E-state index contributed by atoms with van der Waals surface area (Å²) in [5.74, 6) is 0.442. The van der Waals surface area contributed by atoms with Crippen molar-refractivity contribution < 1.29 is 14.3 Å². The number of amidine groups is 1. The molecular weight excluding hydrogens is 430 g/mol. The third-order valence-electron chi connectivity index (χ3n) is 4.64. The summed E-state index contributed by atoms with van der Waals surface area (Å²) >= 11 is 2.92. The number of nitrogens with one attached hydrogen (secondary N) is 1. The molecule has 1 aliphatic rings. The monoisotopic (exact) mass is 451 g/mol. The molecule has 0 bridgehead atoms. The topological polar surface area (TPSA) is 71.0 Å². The number of hydrogen-bond donors (Lipinski definition) is 1.